The highest BCUT2D eigenvalue weighted by molar-refractivity contribution is 7.91. The summed E-state index contributed by atoms with van der Waals surface area (Å²) in [5, 5.41) is 4.45. The first-order valence-corrected chi connectivity index (χ1v) is 13.3. The Kier molecular flexibility index (Phi) is 5.18. The molecule has 2 unspecified atom stereocenters. The van der Waals surface area contributed by atoms with Crippen LogP contribution in [-0.2, 0) is 22.7 Å². The first-order chi connectivity index (χ1) is 14.5. The van der Waals surface area contributed by atoms with E-state index in [1.165, 1.54) is 29.5 Å². The molecule has 3 heterocycles. The largest absolute Gasteiger partial charge is 0.367 e. The van der Waals surface area contributed by atoms with Crippen molar-refractivity contribution in [2.75, 3.05) is 11.6 Å². The number of fused-ring (bicyclic) bond motifs is 3. The number of aryl methyl sites for hydroxylation is 2. The maximum atomic E-state index is 12.1. The van der Waals surface area contributed by atoms with E-state index in [1.54, 1.807) is 29.9 Å². The van der Waals surface area contributed by atoms with Crippen LogP contribution in [0, 0.1) is 0 Å². The first kappa shape index (κ1) is 19.8. The number of anilines is 1. The maximum Gasteiger partial charge on any atom is 0.183 e. The number of hydrogen-bond donors (Lipinski definition) is 1. The van der Waals surface area contributed by atoms with Crippen molar-refractivity contribution >= 4 is 37.2 Å². The van der Waals surface area contributed by atoms with Crippen LogP contribution in [0.5, 0.6) is 0 Å². The van der Waals surface area contributed by atoms with Crippen LogP contribution in [0.15, 0.2) is 18.6 Å². The van der Waals surface area contributed by atoms with E-state index < -0.39 is 9.84 Å². The number of sulfone groups is 1. The third kappa shape index (κ3) is 3.80. The van der Waals surface area contributed by atoms with E-state index in [1.807, 2.05) is 0 Å². The zero-order valence-electron chi connectivity index (χ0n) is 17.0. The topological polar surface area (TPSA) is 97.7 Å². The second-order valence-corrected chi connectivity index (χ2v) is 11.7. The molecule has 1 N–H and O–H groups in total. The van der Waals surface area contributed by atoms with Crippen molar-refractivity contribution < 1.29 is 8.42 Å². The van der Waals surface area contributed by atoms with Gasteiger partial charge >= 0.3 is 0 Å². The van der Waals surface area contributed by atoms with Gasteiger partial charge in [0.25, 0.3) is 0 Å². The van der Waals surface area contributed by atoms with Gasteiger partial charge in [-0.3, -0.25) is 4.98 Å². The predicted octanol–water partition coefficient (Wildman–Crippen LogP) is 3.79. The molecule has 2 atom stereocenters. The molecule has 1 fully saturated rings. The van der Waals surface area contributed by atoms with Gasteiger partial charge in [-0.15, -0.1) is 11.3 Å². The molecule has 0 aromatic carbocycles. The van der Waals surface area contributed by atoms with Crippen LogP contribution in [0.4, 0.5) is 5.82 Å². The van der Waals surface area contributed by atoms with E-state index in [2.05, 4.69) is 15.3 Å². The highest BCUT2D eigenvalue weighted by atomic mass is 32.2. The fraction of sp³-hybridized carbons (Fsp3) is 0.524. The molecule has 7 nitrogen and oxygen atoms in total. The number of aromatic nitrogens is 4. The Morgan fingerprint density at radius 3 is 2.77 bits per heavy atom. The molecule has 2 aliphatic carbocycles. The zero-order valence-corrected chi connectivity index (χ0v) is 18.6. The van der Waals surface area contributed by atoms with Crippen LogP contribution in [0.1, 0.15) is 49.0 Å². The van der Waals surface area contributed by atoms with Gasteiger partial charge < -0.3 is 5.32 Å². The summed E-state index contributed by atoms with van der Waals surface area (Å²) >= 11 is 1.75. The van der Waals surface area contributed by atoms with E-state index in [0.29, 0.717) is 17.9 Å². The number of hydrogen-bond acceptors (Lipinski definition) is 8. The van der Waals surface area contributed by atoms with Crippen molar-refractivity contribution in [1.82, 2.24) is 19.9 Å². The lowest BCUT2D eigenvalue weighted by atomic mass is 9.94. The molecule has 0 saturated heterocycles. The molecule has 0 aliphatic heterocycles. The molecule has 5 rings (SSSR count). The molecule has 2 aliphatic rings. The summed E-state index contributed by atoms with van der Waals surface area (Å²) in [6.45, 7) is 0. The van der Waals surface area contributed by atoms with Gasteiger partial charge in [-0.1, -0.05) is 6.42 Å². The van der Waals surface area contributed by atoms with Crippen LogP contribution in [0.2, 0.25) is 0 Å². The summed E-state index contributed by atoms with van der Waals surface area (Å²) in [5.74, 6) is 1.38. The van der Waals surface area contributed by atoms with Gasteiger partial charge in [0.2, 0.25) is 0 Å². The molecule has 158 valence electrons. The molecule has 0 spiro atoms. The maximum absolute atomic E-state index is 12.1. The van der Waals surface area contributed by atoms with Crippen LogP contribution in [0.25, 0.3) is 21.7 Å². The van der Waals surface area contributed by atoms with Crippen LogP contribution >= 0.6 is 11.3 Å². The number of rotatable bonds is 4. The van der Waals surface area contributed by atoms with E-state index in [4.69, 9.17) is 9.97 Å². The highest BCUT2D eigenvalue weighted by Crippen LogP contribution is 2.40. The van der Waals surface area contributed by atoms with Crippen molar-refractivity contribution in [2.24, 2.45) is 0 Å². The average Bonchev–Trinajstić information content (AvgIpc) is 3.13. The quantitative estimate of drug-likeness (QED) is 0.655. The monoisotopic (exact) mass is 443 g/mol. The Morgan fingerprint density at radius 2 is 1.97 bits per heavy atom. The van der Waals surface area contributed by atoms with Gasteiger partial charge in [-0.05, 0) is 50.5 Å². The first-order valence-electron chi connectivity index (χ1n) is 10.5. The molecular formula is C21H25N5O2S2. The smallest absolute Gasteiger partial charge is 0.183 e. The van der Waals surface area contributed by atoms with Gasteiger partial charge in [-0.25, -0.2) is 23.4 Å². The molecule has 0 bridgehead atoms. The minimum atomic E-state index is -3.04. The van der Waals surface area contributed by atoms with Gasteiger partial charge in [0, 0.05) is 29.6 Å². The van der Waals surface area contributed by atoms with Gasteiger partial charge in [0.1, 0.15) is 26.2 Å². The van der Waals surface area contributed by atoms with E-state index in [9.17, 15) is 8.42 Å². The minimum Gasteiger partial charge on any atom is -0.367 e. The lowest BCUT2D eigenvalue weighted by molar-refractivity contribution is 0.452. The summed E-state index contributed by atoms with van der Waals surface area (Å²) < 4.78 is 24.2. The third-order valence-electron chi connectivity index (χ3n) is 6.18. The Bertz CT molecular complexity index is 1180. The van der Waals surface area contributed by atoms with Crippen molar-refractivity contribution in [3.63, 3.8) is 0 Å². The molecule has 9 heteroatoms. The third-order valence-corrected chi connectivity index (χ3v) is 9.00. The van der Waals surface area contributed by atoms with Crippen LogP contribution < -0.4 is 5.32 Å². The summed E-state index contributed by atoms with van der Waals surface area (Å²) in [6.07, 6.45) is 14.1. The number of thiophene rings is 1. The average molecular weight is 444 g/mol. The van der Waals surface area contributed by atoms with Crippen LogP contribution in [-0.4, -0.2) is 45.9 Å². The molecule has 3 aromatic rings. The molecule has 0 radical (unpaired) electrons. The van der Waals surface area contributed by atoms with Crippen molar-refractivity contribution in [1.29, 1.82) is 0 Å². The fourth-order valence-corrected chi connectivity index (χ4v) is 7.09. The van der Waals surface area contributed by atoms with E-state index in [-0.39, 0.29) is 11.3 Å². The van der Waals surface area contributed by atoms with E-state index >= 15 is 0 Å². The Labute approximate surface area is 180 Å². The Balaban J connectivity index is 1.57. The molecule has 30 heavy (non-hydrogen) atoms. The minimum absolute atomic E-state index is 0.0884. The van der Waals surface area contributed by atoms with Gasteiger partial charge in [0.15, 0.2) is 5.82 Å². The number of nitrogens with one attached hydrogen (secondary N) is 1. The summed E-state index contributed by atoms with van der Waals surface area (Å²) in [5.41, 5.74) is 2.01. The summed E-state index contributed by atoms with van der Waals surface area (Å²) in [4.78, 5) is 20.6. The summed E-state index contributed by atoms with van der Waals surface area (Å²) in [6, 6.07) is 0.0884. The number of nitrogens with zero attached hydrogens (tertiary/aromatic N) is 4. The van der Waals surface area contributed by atoms with Gasteiger partial charge in [0.05, 0.1) is 16.8 Å². The molecule has 1 saturated carbocycles. The summed E-state index contributed by atoms with van der Waals surface area (Å²) in [7, 11) is -3.04. The Morgan fingerprint density at radius 1 is 1.10 bits per heavy atom. The lowest BCUT2D eigenvalue weighted by Crippen LogP contribution is -2.34. The highest BCUT2D eigenvalue weighted by Gasteiger charge is 2.30. The Hall–Kier alpha value is -2.13. The second-order valence-electron chi connectivity index (χ2n) is 8.34. The molecule has 3 aromatic heterocycles. The SMILES string of the molecule is CS(=O)(=O)C1CCCC(Nc2nc(-c3cnccn3)nc3sc4c(c23)CCCC4)C1. The predicted molar refractivity (Wildman–Crippen MR) is 120 cm³/mol. The molecule has 0 amide bonds. The van der Waals surface area contributed by atoms with Gasteiger partial charge in [-0.2, -0.15) is 0 Å². The standard InChI is InChI=1S/C21H25N5O2S2/c1-30(27,28)14-6-4-5-13(11-14)24-20-18-15-7-2-3-8-17(15)29-21(18)26-19(25-20)16-12-22-9-10-23-16/h9-10,12-14H,2-8,11H2,1H3,(H,24,25,26). The van der Waals surface area contributed by atoms with E-state index in [0.717, 1.165) is 48.1 Å². The van der Waals surface area contributed by atoms with Crippen LogP contribution in [0.3, 0.4) is 0 Å². The zero-order chi connectivity index (χ0) is 20.7. The fourth-order valence-electron chi connectivity index (χ4n) is 4.65. The van der Waals surface area contributed by atoms with Crippen molar-refractivity contribution in [3.8, 4) is 11.5 Å². The lowest BCUT2D eigenvalue weighted by Gasteiger charge is -2.29. The van der Waals surface area contributed by atoms with Crippen molar-refractivity contribution in [2.45, 2.75) is 62.7 Å². The van der Waals surface area contributed by atoms with Crippen molar-refractivity contribution in [3.05, 3.63) is 29.0 Å². The normalized spacial score (nSPS) is 22.0. The molecular weight excluding hydrogens is 418 g/mol. The second kappa shape index (κ2) is 7.85.